The van der Waals surface area contributed by atoms with Crippen molar-refractivity contribution in [3.8, 4) is 29.0 Å². The van der Waals surface area contributed by atoms with E-state index in [1.165, 1.54) is 30.3 Å². The van der Waals surface area contributed by atoms with E-state index in [0.717, 1.165) is 10.6 Å². The zero-order chi connectivity index (χ0) is 20.4. The molecule has 0 saturated carbocycles. The number of benzene rings is 2. The molecule has 0 bridgehead atoms. The Hall–Kier alpha value is -3.81. The van der Waals surface area contributed by atoms with E-state index in [4.69, 9.17) is 0 Å². The highest BCUT2D eigenvalue weighted by Crippen LogP contribution is 2.36. The van der Waals surface area contributed by atoms with Gasteiger partial charge in [0.1, 0.15) is 23.3 Å². The number of carbonyl (C=O) groups is 1. The zero-order valence-electron chi connectivity index (χ0n) is 14.6. The molecule has 2 aromatic carbocycles. The SMILES string of the molecule is O=C(O)C(Cc1ccc(O)cc1)n1c(O)cc(Cc2ccc(O)cc2O)c1O. The number of carboxylic acids is 1. The lowest BCUT2D eigenvalue weighted by Crippen LogP contribution is -2.21. The number of rotatable bonds is 6. The Labute approximate surface area is 159 Å². The lowest BCUT2D eigenvalue weighted by molar-refractivity contribution is -0.141. The third kappa shape index (κ3) is 3.80. The molecule has 3 rings (SSSR count). The molecule has 0 saturated heterocycles. The minimum absolute atomic E-state index is 0.0179. The highest BCUT2D eigenvalue weighted by Gasteiger charge is 2.27. The van der Waals surface area contributed by atoms with Gasteiger partial charge in [-0.15, -0.1) is 0 Å². The Kier molecular flexibility index (Phi) is 5.04. The van der Waals surface area contributed by atoms with Gasteiger partial charge in [-0.05, 0) is 29.3 Å². The second-order valence-electron chi connectivity index (χ2n) is 6.44. The van der Waals surface area contributed by atoms with E-state index in [9.17, 15) is 35.4 Å². The molecule has 8 nitrogen and oxygen atoms in total. The van der Waals surface area contributed by atoms with Gasteiger partial charge < -0.3 is 30.6 Å². The smallest absolute Gasteiger partial charge is 0.327 e. The van der Waals surface area contributed by atoms with Crippen LogP contribution >= 0.6 is 0 Å². The third-order valence-corrected chi connectivity index (χ3v) is 4.48. The summed E-state index contributed by atoms with van der Waals surface area (Å²) in [6.07, 6.45) is -0.0145. The molecule has 1 unspecified atom stereocenters. The Morgan fingerprint density at radius 3 is 2.11 bits per heavy atom. The van der Waals surface area contributed by atoms with Crippen LogP contribution in [0.5, 0.6) is 29.0 Å². The van der Waals surface area contributed by atoms with Gasteiger partial charge in [0, 0.05) is 30.5 Å². The minimum atomic E-state index is -1.29. The average Bonchev–Trinajstić information content (AvgIpc) is 2.90. The molecule has 146 valence electrons. The molecule has 0 aliphatic rings. The first kappa shape index (κ1) is 19.0. The second-order valence-corrected chi connectivity index (χ2v) is 6.44. The first-order valence-corrected chi connectivity index (χ1v) is 8.40. The van der Waals surface area contributed by atoms with Crippen molar-refractivity contribution in [3.05, 3.63) is 65.2 Å². The van der Waals surface area contributed by atoms with Gasteiger partial charge in [0.05, 0.1) is 0 Å². The molecule has 0 radical (unpaired) electrons. The Morgan fingerprint density at radius 2 is 1.50 bits per heavy atom. The summed E-state index contributed by atoms with van der Waals surface area (Å²) in [7, 11) is 0. The van der Waals surface area contributed by atoms with Crippen LogP contribution in [0.2, 0.25) is 0 Å². The van der Waals surface area contributed by atoms with Crippen LogP contribution in [0.25, 0.3) is 0 Å². The van der Waals surface area contributed by atoms with Crippen LogP contribution in [0.1, 0.15) is 22.7 Å². The highest BCUT2D eigenvalue weighted by molar-refractivity contribution is 5.73. The average molecular weight is 385 g/mol. The summed E-state index contributed by atoms with van der Waals surface area (Å²) in [5, 5.41) is 59.0. The van der Waals surface area contributed by atoms with Crippen molar-refractivity contribution >= 4 is 5.97 Å². The summed E-state index contributed by atoms with van der Waals surface area (Å²) < 4.78 is 0.905. The molecular formula is C20H19NO7. The molecule has 6 N–H and O–H groups in total. The predicted octanol–water partition coefficient (Wildman–Crippen LogP) is 2.48. The van der Waals surface area contributed by atoms with Crippen LogP contribution in [0.15, 0.2) is 48.5 Å². The van der Waals surface area contributed by atoms with Crippen molar-refractivity contribution in [3.63, 3.8) is 0 Å². The first-order valence-electron chi connectivity index (χ1n) is 8.40. The van der Waals surface area contributed by atoms with E-state index >= 15 is 0 Å². The Balaban J connectivity index is 1.93. The van der Waals surface area contributed by atoms with E-state index in [2.05, 4.69) is 0 Å². The number of aromatic hydroxyl groups is 5. The summed E-state index contributed by atoms with van der Waals surface area (Å²) in [6, 6.07) is 9.87. The summed E-state index contributed by atoms with van der Waals surface area (Å²) >= 11 is 0. The van der Waals surface area contributed by atoms with Crippen LogP contribution in [0.3, 0.4) is 0 Å². The Morgan fingerprint density at radius 1 is 0.857 bits per heavy atom. The maximum atomic E-state index is 11.8. The number of nitrogens with zero attached hydrogens (tertiary/aromatic N) is 1. The monoisotopic (exact) mass is 385 g/mol. The predicted molar refractivity (Wildman–Crippen MR) is 98.8 cm³/mol. The van der Waals surface area contributed by atoms with Crippen LogP contribution in [0.4, 0.5) is 0 Å². The van der Waals surface area contributed by atoms with Gasteiger partial charge in [-0.25, -0.2) is 4.79 Å². The van der Waals surface area contributed by atoms with E-state index in [1.54, 1.807) is 12.1 Å². The van der Waals surface area contributed by atoms with Gasteiger partial charge in [0.25, 0.3) is 0 Å². The lowest BCUT2D eigenvalue weighted by atomic mass is 10.0. The fraction of sp³-hybridized carbons (Fsp3) is 0.150. The molecule has 1 heterocycles. The van der Waals surface area contributed by atoms with E-state index in [1.807, 2.05) is 0 Å². The Bertz CT molecular complexity index is 1010. The number of phenols is 3. The molecule has 28 heavy (non-hydrogen) atoms. The maximum absolute atomic E-state index is 11.8. The van der Waals surface area contributed by atoms with E-state index in [-0.39, 0.29) is 35.7 Å². The highest BCUT2D eigenvalue weighted by atomic mass is 16.4. The molecule has 0 aliphatic carbocycles. The van der Waals surface area contributed by atoms with Gasteiger partial charge in [-0.2, -0.15) is 0 Å². The van der Waals surface area contributed by atoms with Gasteiger partial charge in [-0.3, -0.25) is 4.57 Å². The number of hydrogen-bond acceptors (Lipinski definition) is 6. The van der Waals surface area contributed by atoms with Crippen molar-refractivity contribution in [1.82, 2.24) is 4.57 Å². The summed E-state index contributed by atoms with van der Waals surface area (Å²) in [4.78, 5) is 11.8. The van der Waals surface area contributed by atoms with Crippen molar-refractivity contribution in [2.24, 2.45) is 0 Å². The third-order valence-electron chi connectivity index (χ3n) is 4.48. The van der Waals surface area contributed by atoms with Crippen molar-refractivity contribution in [1.29, 1.82) is 0 Å². The standard InChI is InChI=1S/C20H19NO7/c22-14-4-1-11(2-5-14)7-16(20(27)28)21-18(25)9-13(19(21)26)8-12-3-6-15(23)10-17(12)24/h1-6,9-10,16,22-26H,7-8H2,(H,27,28). The van der Waals surface area contributed by atoms with Gasteiger partial charge >= 0.3 is 5.97 Å². The molecule has 0 aliphatic heterocycles. The first-order chi connectivity index (χ1) is 13.3. The quantitative estimate of drug-likeness (QED) is 0.382. The van der Waals surface area contributed by atoms with Crippen LogP contribution in [0, 0.1) is 0 Å². The number of hydrogen-bond donors (Lipinski definition) is 6. The van der Waals surface area contributed by atoms with Crippen LogP contribution < -0.4 is 0 Å². The van der Waals surface area contributed by atoms with E-state index in [0.29, 0.717) is 11.1 Å². The number of carboxylic acid groups (broad SMARTS) is 1. The van der Waals surface area contributed by atoms with Gasteiger partial charge in [0.2, 0.25) is 0 Å². The molecule has 0 fully saturated rings. The topological polar surface area (TPSA) is 143 Å². The summed E-state index contributed by atoms with van der Waals surface area (Å²) in [5.41, 5.74) is 1.20. The fourth-order valence-electron chi connectivity index (χ4n) is 3.04. The molecule has 8 heteroatoms. The summed E-state index contributed by atoms with van der Waals surface area (Å²) in [5.74, 6) is -2.39. The van der Waals surface area contributed by atoms with Crippen LogP contribution in [-0.2, 0) is 17.6 Å². The van der Waals surface area contributed by atoms with Gasteiger partial charge in [0.15, 0.2) is 11.8 Å². The van der Waals surface area contributed by atoms with E-state index < -0.39 is 23.8 Å². The molecule has 3 aromatic rings. The molecule has 0 amide bonds. The number of aliphatic carboxylic acids is 1. The van der Waals surface area contributed by atoms with Crippen molar-refractivity contribution in [2.75, 3.05) is 0 Å². The molecule has 1 atom stereocenters. The molecule has 0 spiro atoms. The van der Waals surface area contributed by atoms with Crippen molar-refractivity contribution in [2.45, 2.75) is 18.9 Å². The number of aromatic nitrogens is 1. The molecule has 1 aromatic heterocycles. The molecular weight excluding hydrogens is 366 g/mol. The minimum Gasteiger partial charge on any atom is -0.508 e. The zero-order valence-corrected chi connectivity index (χ0v) is 14.6. The normalized spacial score (nSPS) is 12.0. The van der Waals surface area contributed by atoms with Gasteiger partial charge in [-0.1, -0.05) is 18.2 Å². The summed E-state index contributed by atoms with van der Waals surface area (Å²) in [6.45, 7) is 0. The number of phenolic OH excluding ortho intramolecular Hbond substituents is 3. The lowest BCUT2D eigenvalue weighted by Gasteiger charge is -2.17. The fourth-order valence-corrected chi connectivity index (χ4v) is 3.04. The maximum Gasteiger partial charge on any atom is 0.327 e. The van der Waals surface area contributed by atoms with Crippen molar-refractivity contribution < 1.29 is 35.4 Å². The second kappa shape index (κ2) is 7.43. The largest absolute Gasteiger partial charge is 0.508 e. The van der Waals surface area contributed by atoms with Crippen LogP contribution in [-0.4, -0.2) is 41.2 Å².